The number of para-hydroxylation sites is 1. The van der Waals surface area contributed by atoms with E-state index in [1.165, 1.54) is 4.70 Å². The zero-order valence-electron chi connectivity index (χ0n) is 15.6. The summed E-state index contributed by atoms with van der Waals surface area (Å²) >= 11 is 1.70. The summed E-state index contributed by atoms with van der Waals surface area (Å²) in [4.78, 5) is 15.7. The topological polar surface area (TPSA) is 71.5 Å². The molecule has 0 saturated carbocycles. The van der Waals surface area contributed by atoms with Gasteiger partial charge >= 0.3 is 0 Å². The first-order chi connectivity index (χ1) is 13.1. The van der Waals surface area contributed by atoms with Crippen LogP contribution in [0, 0.1) is 13.8 Å². The van der Waals surface area contributed by atoms with E-state index in [2.05, 4.69) is 32.0 Å². The monoisotopic (exact) mass is 384 g/mol. The molecule has 0 aliphatic carbocycles. The average Bonchev–Trinajstić information content (AvgIpc) is 3.10. The zero-order valence-corrected chi connectivity index (χ0v) is 16.4. The number of rotatable bonds is 8. The maximum atomic E-state index is 11.0. The van der Waals surface area contributed by atoms with Crippen LogP contribution in [-0.2, 0) is 4.79 Å². The van der Waals surface area contributed by atoms with Crippen LogP contribution in [0.25, 0.3) is 20.8 Å². The molecule has 27 heavy (non-hydrogen) atoms. The Bertz CT molecular complexity index is 880. The molecular formula is C21H24N2O3S. The lowest BCUT2D eigenvalue weighted by Crippen LogP contribution is -2.17. The summed E-state index contributed by atoms with van der Waals surface area (Å²) in [5.74, 6) is 0.584. The van der Waals surface area contributed by atoms with Crippen molar-refractivity contribution in [1.29, 1.82) is 0 Å². The molecule has 0 bridgehead atoms. The third kappa shape index (κ3) is 4.84. The Labute approximate surface area is 163 Å². The maximum absolute atomic E-state index is 11.0. The summed E-state index contributed by atoms with van der Waals surface area (Å²) in [5.41, 5.74) is 6.00. The molecule has 0 aliphatic rings. The predicted octanol–water partition coefficient (Wildman–Crippen LogP) is 5.02. The summed E-state index contributed by atoms with van der Waals surface area (Å²) in [6, 6.07) is 12.4. The smallest absolute Gasteiger partial charge is 0.243 e. The SMILES string of the molecule is Cc1cc(-c2nc3ccccc3s2)cc(C)c1OCCCCCC(=O)NO. The van der Waals surface area contributed by atoms with Gasteiger partial charge in [-0.15, -0.1) is 11.3 Å². The third-order valence-electron chi connectivity index (χ3n) is 4.42. The predicted molar refractivity (Wildman–Crippen MR) is 108 cm³/mol. The Morgan fingerprint density at radius 1 is 1.15 bits per heavy atom. The highest BCUT2D eigenvalue weighted by atomic mass is 32.1. The number of aromatic nitrogens is 1. The van der Waals surface area contributed by atoms with E-state index in [-0.39, 0.29) is 5.91 Å². The number of benzene rings is 2. The number of nitrogens with one attached hydrogen (secondary N) is 1. The van der Waals surface area contributed by atoms with E-state index in [1.807, 2.05) is 18.2 Å². The Hall–Kier alpha value is -2.44. The molecule has 0 fully saturated rings. The van der Waals surface area contributed by atoms with E-state index in [0.717, 1.165) is 52.2 Å². The van der Waals surface area contributed by atoms with Crippen LogP contribution in [0.2, 0.25) is 0 Å². The van der Waals surface area contributed by atoms with Gasteiger partial charge in [-0.2, -0.15) is 0 Å². The van der Waals surface area contributed by atoms with Crippen molar-refractivity contribution in [3.8, 4) is 16.3 Å². The Morgan fingerprint density at radius 2 is 1.89 bits per heavy atom. The van der Waals surface area contributed by atoms with E-state index in [1.54, 1.807) is 16.8 Å². The van der Waals surface area contributed by atoms with Crippen LogP contribution >= 0.6 is 11.3 Å². The fraction of sp³-hybridized carbons (Fsp3) is 0.333. The van der Waals surface area contributed by atoms with E-state index in [0.29, 0.717) is 13.0 Å². The molecule has 0 saturated heterocycles. The van der Waals surface area contributed by atoms with Crippen molar-refractivity contribution in [1.82, 2.24) is 10.5 Å². The van der Waals surface area contributed by atoms with Crippen molar-refractivity contribution in [3.63, 3.8) is 0 Å². The summed E-state index contributed by atoms with van der Waals surface area (Å²) in [5, 5.41) is 9.49. The normalized spacial score (nSPS) is 10.9. The van der Waals surface area contributed by atoms with Gasteiger partial charge in [-0.05, 0) is 68.5 Å². The van der Waals surface area contributed by atoms with Gasteiger partial charge in [-0.1, -0.05) is 12.1 Å². The molecule has 3 aromatic rings. The van der Waals surface area contributed by atoms with E-state index < -0.39 is 0 Å². The van der Waals surface area contributed by atoms with E-state index in [9.17, 15) is 4.79 Å². The molecule has 2 N–H and O–H groups in total. The largest absolute Gasteiger partial charge is 0.493 e. The van der Waals surface area contributed by atoms with Gasteiger partial charge in [-0.25, -0.2) is 10.5 Å². The lowest BCUT2D eigenvalue weighted by Gasteiger charge is -2.13. The van der Waals surface area contributed by atoms with Gasteiger partial charge in [0.2, 0.25) is 5.91 Å². The summed E-state index contributed by atoms with van der Waals surface area (Å²) < 4.78 is 7.18. The summed E-state index contributed by atoms with van der Waals surface area (Å²) in [6.45, 7) is 4.73. The summed E-state index contributed by atoms with van der Waals surface area (Å²) in [6.07, 6.45) is 2.84. The number of hydroxylamine groups is 1. The molecule has 0 atom stereocenters. The number of thiazole rings is 1. The van der Waals surface area contributed by atoms with Gasteiger partial charge < -0.3 is 4.74 Å². The standard InChI is InChI=1S/C21H24N2O3S/c1-14-12-16(21-22-17-8-5-6-9-18(17)27-21)13-15(2)20(14)26-11-7-3-4-10-19(24)23-25/h5-6,8-9,12-13,25H,3-4,7,10-11H2,1-2H3,(H,23,24). The van der Waals surface area contributed by atoms with E-state index >= 15 is 0 Å². The van der Waals surface area contributed by atoms with E-state index in [4.69, 9.17) is 14.9 Å². The molecule has 2 aromatic carbocycles. The highest BCUT2D eigenvalue weighted by molar-refractivity contribution is 7.21. The Balaban J connectivity index is 1.62. The highest BCUT2D eigenvalue weighted by Gasteiger charge is 2.11. The number of carbonyl (C=O) groups excluding carboxylic acids is 1. The van der Waals surface area contributed by atoms with Crippen molar-refractivity contribution in [3.05, 3.63) is 47.5 Å². The van der Waals surface area contributed by atoms with Crippen molar-refractivity contribution < 1.29 is 14.7 Å². The number of aryl methyl sites for hydroxylation is 2. The quantitative estimate of drug-likeness (QED) is 0.325. The van der Waals surface area contributed by atoms with Gasteiger partial charge in [0.25, 0.3) is 0 Å². The number of unbranched alkanes of at least 4 members (excludes halogenated alkanes) is 2. The first-order valence-electron chi connectivity index (χ1n) is 9.11. The molecule has 1 aromatic heterocycles. The number of fused-ring (bicyclic) bond motifs is 1. The van der Waals surface area contributed by atoms with Crippen LogP contribution < -0.4 is 10.2 Å². The van der Waals surface area contributed by atoms with Gasteiger partial charge in [-0.3, -0.25) is 10.0 Å². The molecule has 1 heterocycles. The zero-order chi connectivity index (χ0) is 19.2. The van der Waals surface area contributed by atoms with Crippen molar-refractivity contribution in [2.45, 2.75) is 39.5 Å². The molecule has 6 heteroatoms. The maximum Gasteiger partial charge on any atom is 0.243 e. The minimum absolute atomic E-state index is 0.339. The van der Waals surface area contributed by atoms with Gasteiger partial charge in [0.1, 0.15) is 10.8 Å². The number of nitrogens with zero attached hydrogens (tertiary/aromatic N) is 1. The molecule has 1 amide bonds. The minimum Gasteiger partial charge on any atom is -0.493 e. The minimum atomic E-state index is -0.340. The van der Waals surface area contributed by atoms with Crippen LogP contribution in [0.5, 0.6) is 5.75 Å². The molecule has 0 unspecified atom stereocenters. The molecule has 0 aliphatic heterocycles. The number of carbonyl (C=O) groups is 1. The Morgan fingerprint density at radius 3 is 2.59 bits per heavy atom. The van der Waals surface area contributed by atoms with Crippen molar-refractivity contribution in [2.75, 3.05) is 6.61 Å². The second-order valence-electron chi connectivity index (χ2n) is 6.62. The van der Waals surface area contributed by atoms with Crippen LogP contribution in [0.1, 0.15) is 36.8 Å². The van der Waals surface area contributed by atoms with Crippen LogP contribution in [0.15, 0.2) is 36.4 Å². The van der Waals surface area contributed by atoms with Gasteiger partial charge in [0, 0.05) is 12.0 Å². The number of amides is 1. The number of ether oxygens (including phenoxy) is 1. The van der Waals surface area contributed by atoms with Crippen molar-refractivity contribution >= 4 is 27.5 Å². The first-order valence-corrected chi connectivity index (χ1v) is 9.93. The third-order valence-corrected chi connectivity index (χ3v) is 5.51. The molecule has 142 valence electrons. The van der Waals surface area contributed by atoms with Gasteiger partial charge in [0.15, 0.2) is 0 Å². The van der Waals surface area contributed by atoms with Gasteiger partial charge in [0.05, 0.1) is 16.8 Å². The molecule has 0 radical (unpaired) electrons. The first kappa shape index (κ1) is 19.3. The summed E-state index contributed by atoms with van der Waals surface area (Å²) in [7, 11) is 0. The number of hydrogen-bond acceptors (Lipinski definition) is 5. The fourth-order valence-corrected chi connectivity index (χ4v) is 4.04. The van der Waals surface area contributed by atoms with Crippen LogP contribution in [-0.4, -0.2) is 22.7 Å². The molecule has 3 rings (SSSR count). The second-order valence-corrected chi connectivity index (χ2v) is 7.65. The Kier molecular flexibility index (Phi) is 6.42. The lowest BCUT2D eigenvalue weighted by molar-refractivity contribution is -0.129. The fourth-order valence-electron chi connectivity index (χ4n) is 3.09. The number of hydrogen-bond donors (Lipinski definition) is 2. The van der Waals surface area contributed by atoms with Crippen LogP contribution in [0.4, 0.5) is 0 Å². The molecular weight excluding hydrogens is 360 g/mol. The van der Waals surface area contributed by atoms with Crippen molar-refractivity contribution in [2.24, 2.45) is 0 Å². The molecule has 0 spiro atoms. The molecule has 5 nitrogen and oxygen atoms in total. The van der Waals surface area contributed by atoms with Crippen LogP contribution in [0.3, 0.4) is 0 Å². The second kappa shape index (κ2) is 8.97. The highest BCUT2D eigenvalue weighted by Crippen LogP contribution is 2.34. The lowest BCUT2D eigenvalue weighted by atomic mass is 10.1. The average molecular weight is 385 g/mol.